The van der Waals surface area contributed by atoms with Gasteiger partial charge in [0, 0.05) is 31.2 Å². The molecule has 8 heteroatoms. The minimum absolute atomic E-state index is 0.165. The first-order valence-corrected chi connectivity index (χ1v) is 11.0. The number of rotatable bonds is 7. The van der Waals surface area contributed by atoms with Gasteiger partial charge in [-0.25, -0.2) is 13.2 Å². The molecule has 1 heterocycles. The molecule has 150 valence electrons. The third-order valence-electron chi connectivity index (χ3n) is 5.45. The van der Waals surface area contributed by atoms with Crippen LogP contribution in [0.1, 0.15) is 39.0 Å². The number of piperidine rings is 1. The summed E-state index contributed by atoms with van der Waals surface area (Å²) in [5, 5.41) is 5.94. The second kappa shape index (κ2) is 8.06. The quantitative estimate of drug-likeness (QED) is 0.742. The van der Waals surface area contributed by atoms with E-state index in [2.05, 4.69) is 10.6 Å². The second-order valence-electron chi connectivity index (χ2n) is 7.50. The van der Waals surface area contributed by atoms with Crippen LogP contribution in [0.4, 0.5) is 4.79 Å². The van der Waals surface area contributed by atoms with Crippen LogP contribution in [-0.2, 0) is 10.0 Å². The number of hydrogen-bond donors (Lipinski definition) is 2. The van der Waals surface area contributed by atoms with Crippen molar-refractivity contribution in [2.45, 2.75) is 49.5 Å². The van der Waals surface area contributed by atoms with Crippen LogP contribution in [0.15, 0.2) is 29.2 Å². The third kappa shape index (κ3) is 4.73. The zero-order valence-electron chi connectivity index (χ0n) is 16.0. The molecule has 0 aromatic heterocycles. The molecule has 2 aliphatic rings. The largest absolute Gasteiger partial charge is 0.497 e. The van der Waals surface area contributed by atoms with Crippen molar-refractivity contribution in [3.63, 3.8) is 0 Å². The maximum absolute atomic E-state index is 13.0. The van der Waals surface area contributed by atoms with Crippen molar-refractivity contribution in [3.05, 3.63) is 24.3 Å². The zero-order chi connectivity index (χ0) is 19.5. The van der Waals surface area contributed by atoms with E-state index < -0.39 is 10.0 Å². The molecule has 1 aromatic rings. The maximum Gasteiger partial charge on any atom is 0.315 e. The second-order valence-corrected chi connectivity index (χ2v) is 9.43. The molecule has 0 spiro atoms. The Bertz CT molecular complexity index is 769. The van der Waals surface area contributed by atoms with Gasteiger partial charge in [0.25, 0.3) is 0 Å². The van der Waals surface area contributed by atoms with Crippen molar-refractivity contribution in [2.75, 3.05) is 26.7 Å². The monoisotopic (exact) mass is 395 g/mol. The minimum atomic E-state index is -3.57. The summed E-state index contributed by atoms with van der Waals surface area (Å²) in [7, 11) is -2.05. The van der Waals surface area contributed by atoms with Crippen LogP contribution >= 0.6 is 0 Å². The number of sulfonamides is 1. The molecule has 2 fully saturated rings. The highest BCUT2D eigenvalue weighted by Crippen LogP contribution is 2.41. The van der Waals surface area contributed by atoms with Gasteiger partial charge in [-0.2, -0.15) is 4.31 Å². The van der Waals surface area contributed by atoms with Crippen LogP contribution < -0.4 is 15.4 Å². The van der Waals surface area contributed by atoms with Gasteiger partial charge in [-0.05, 0) is 44.2 Å². The molecule has 27 heavy (non-hydrogen) atoms. The molecule has 2 N–H and O–H groups in total. The van der Waals surface area contributed by atoms with Gasteiger partial charge in [0.1, 0.15) is 5.75 Å². The molecule has 0 bridgehead atoms. The highest BCUT2D eigenvalue weighted by Gasteiger charge is 2.42. The smallest absolute Gasteiger partial charge is 0.315 e. The lowest BCUT2D eigenvalue weighted by Gasteiger charge is -2.42. The lowest BCUT2D eigenvalue weighted by atomic mass is 9.83. The fraction of sp³-hybridized carbons (Fsp3) is 0.632. The summed E-state index contributed by atoms with van der Waals surface area (Å²) in [4.78, 5) is 12.4. The minimum Gasteiger partial charge on any atom is -0.497 e. The highest BCUT2D eigenvalue weighted by molar-refractivity contribution is 7.89. The van der Waals surface area contributed by atoms with E-state index in [4.69, 9.17) is 4.74 Å². The molecule has 0 radical (unpaired) electrons. The van der Waals surface area contributed by atoms with Crippen LogP contribution in [-0.4, -0.2) is 51.0 Å². The van der Waals surface area contributed by atoms with E-state index in [9.17, 15) is 13.2 Å². The van der Waals surface area contributed by atoms with E-state index in [0.29, 0.717) is 44.1 Å². The maximum atomic E-state index is 13.0. The molecule has 0 unspecified atom stereocenters. The van der Waals surface area contributed by atoms with E-state index >= 15 is 0 Å². The SMILES string of the molecule is CCNC(=O)NC1(CC2CC2)CCN(S(=O)(=O)c2cccc(OC)c2)CC1. The predicted octanol–water partition coefficient (Wildman–Crippen LogP) is 2.34. The van der Waals surface area contributed by atoms with Gasteiger partial charge in [-0.3, -0.25) is 0 Å². The number of amides is 2. The van der Waals surface area contributed by atoms with Crippen LogP contribution in [0.25, 0.3) is 0 Å². The van der Waals surface area contributed by atoms with E-state index in [0.717, 1.165) is 6.42 Å². The average molecular weight is 396 g/mol. The third-order valence-corrected chi connectivity index (χ3v) is 7.35. The number of nitrogens with zero attached hydrogens (tertiary/aromatic N) is 1. The molecule has 7 nitrogen and oxygen atoms in total. The summed E-state index contributed by atoms with van der Waals surface area (Å²) in [6.07, 6.45) is 4.58. The number of benzene rings is 1. The van der Waals surface area contributed by atoms with E-state index in [1.165, 1.54) is 24.3 Å². The number of carbonyl (C=O) groups excluding carboxylic acids is 1. The molecule has 1 aromatic carbocycles. The average Bonchev–Trinajstić information content (AvgIpc) is 3.46. The topological polar surface area (TPSA) is 87.7 Å². The zero-order valence-corrected chi connectivity index (χ0v) is 16.8. The molecule has 0 atom stereocenters. The molecule has 1 aliphatic heterocycles. The number of nitrogens with one attached hydrogen (secondary N) is 2. The molecule has 1 aliphatic carbocycles. The van der Waals surface area contributed by atoms with Crippen molar-refractivity contribution >= 4 is 16.1 Å². The summed E-state index contributed by atoms with van der Waals surface area (Å²) in [5.74, 6) is 1.17. The molecule has 3 rings (SSSR count). The standard InChI is InChI=1S/C19H29N3O4S/c1-3-20-18(23)21-19(14-15-7-8-15)9-11-22(12-10-19)27(24,25)17-6-4-5-16(13-17)26-2/h4-6,13,15H,3,7-12,14H2,1-2H3,(H2,20,21,23). The summed E-state index contributed by atoms with van der Waals surface area (Å²) in [6, 6.07) is 6.39. The van der Waals surface area contributed by atoms with Gasteiger partial charge >= 0.3 is 6.03 Å². The Labute approximate surface area is 161 Å². The Kier molecular flexibility index (Phi) is 5.95. The van der Waals surface area contributed by atoms with Crippen molar-refractivity contribution in [1.82, 2.24) is 14.9 Å². The molecule has 1 saturated carbocycles. The number of hydrogen-bond acceptors (Lipinski definition) is 4. The van der Waals surface area contributed by atoms with Gasteiger partial charge in [0.2, 0.25) is 10.0 Å². The van der Waals surface area contributed by atoms with Crippen molar-refractivity contribution in [2.24, 2.45) is 5.92 Å². The highest BCUT2D eigenvalue weighted by atomic mass is 32.2. The number of ether oxygens (including phenoxy) is 1. The predicted molar refractivity (Wildman–Crippen MR) is 103 cm³/mol. The first kappa shape index (κ1) is 19.9. The van der Waals surface area contributed by atoms with Gasteiger partial charge in [0.05, 0.1) is 12.0 Å². The van der Waals surface area contributed by atoms with Crippen LogP contribution in [0.5, 0.6) is 5.75 Å². The summed E-state index contributed by atoms with van der Waals surface area (Å²) in [5.41, 5.74) is -0.319. The summed E-state index contributed by atoms with van der Waals surface area (Å²) in [6.45, 7) is 3.26. The molecule has 2 amide bonds. The Morgan fingerprint density at radius 3 is 2.59 bits per heavy atom. The van der Waals surface area contributed by atoms with Gasteiger partial charge in [-0.1, -0.05) is 18.9 Å². The van der Waals surface area contributed by atoms with Crippen LogP contribution in [0, 0.1) is 5.92 Å². The molecular weight excluding hydrogens is 366 g/mol. The number of methoxy groups -OCH3 is 1. The Hall–Kier alpha value is -1.80. The van der Waals surface area contributed by atoms with Crippen LogP contribution in [0.3, 0.4) is 0 Å². The lowest BCUT2D eigenvalue weighted by Crippen LogP contribution is -2.58. The number of carbonyl (C=O) groups is 1. The van der Waals surface area contributed by atoms with Crippen LogP contribution in [0.2, 0.25) is 0 Å². The van der Waals surface area contributed by atoms with E-state index in [1.54, 1.807) is 24.3 Å². The van der Waals surface area contributed by atoms with E-state index in [1.807, 2.05) is 6.92 Å². The fourth-order valence-corrected chi connectivity index (χ4v) is 5.24. The van der Waals surface area contributed by atoms with Gasteiger partial charge < -0.3 is 15.4 Å². The summed E-state index contributed by atoms with van der Waals surface area (Å²) >= 11 is 0. The Morgan fingerprint density at radius 2 is 2.00 bits per heavy atom. The lowest BCUT2D eigenvalue weighted by molar-refractivity contribution is 0.170. The van der Waals surface area contributed by atoms with Gasteiger partial charge in [0.15, 0.2) is 0 Å². The fourth-order valence-electron chi connectivity index (χ4n) is 3.77. The normalized spacial score (nSPS) is 20.1. The van der Waals surface area contributed by atoms with Crippen molar-refractivity contribution in [3.8, 4) is 5.75 Å². The Balaban J connectivity index is 1.71. The van der Waals surface area contributed by atoms with E-state index in [-0.39, 0.29) is 16.5 Å². The first-order chi connectivity index (χ1) is 12.9. The number of urea groups is 1. The Morgan fingerprint density at radius 1 is 1.30 bits per heavy atom. The van der Waals surface area contributed by atoms with Gasteiger partial charge in [-0.15, -0.1) is 0 Å². The molecule has 1 saturated heterocycles. The first-order valence-electron chi connectivity index (χ1n) is 9.59. The van der Waals surface area contributed by atoms with Crippen molar-refractivity contribution < 1.29 is 17.9 Å². The van der Waals surface area contributed by atoms with Crippen molar-refractivity contribution in [1.29, 1.82) is 0 Å². The summed E-state index contributed by atoms with van der Waals surface area (Å²) < 4.78 is 32.7. The molecular formula is C19H29N3O4S.